The molecule has 1 aromatic carbocycles. The van der Waals surface area contributed by atoms with Crippen molar-refractivity contribution in [3.05, 3.63) is 35.2 Å². The lowest BCUT2D eigenvalue weighted by Crippen LogP contribution is -2.24. The van der Waals surface area contributed by atoms with E-state index in [-0.39, 0.29) is 11.5 Å². The number of carbonyl (C=O) groups is 3. The molecule has 2 rings (SSSR count). The highest BCUT2D eigenvalue weighted by Gasteiger charge is 2.15. The molecule has 0 bridgehead atoms. The van der Waals surface area contributed by atoms with Crippen LogP contribution in [0.3, 0.4) is 0 Å². The average molecular weight is 389 g/mol. The lowest BCUT2D eigenvalue weighted by atomic mass is 10.1. The van der Waals surface area contributed by atoms with E-state index in [4.69, 9.17) is 14.2 Å². The van der Waals surface area contributed by atoms with Gasteiger partial charge in [-0.05, 0) is 39.0 Å². The lowest BCUT2D eigenvalue weighted by molar-refractivity contribution is -0.149. The van der Waals surface area contributed by atoms with E-state index < -0.39 is 25.1 Å². The number of aryl methyl sites for hydroxylation is 2. The van der Waals surface area contributed by atoms with Crippen molar-refractivity contribution in [2.45, 2.75) is 20.8 Å². The highest BCUT2D eigenvalue weighted by molar-refractivity contribution is 5.95. The first-order valence-electron chi connectivity index (χ1n) is 8.50. The zero-order valence-corrected chi connectivity index (χ0v) is 16.5. The van der Waals surface area contributed by atoms with Gasteiger partial charge in [-0.15, -0.1) is 0 Å². The Balaban J connectivity index is 1.86. The van der Waals surface area contributed by atoms with Crippen molar-refractivity contribution in [3.63, 3.8) is 0 Å². The van der Waals surface area contributed by atoms with Crippen LogP contribution in [0.2, 0.25) is 0 Å². The van der Waals surface area contributed by atoms with Gasteiger partial charge in [-0.3, -0.25) is 14.3 Å². The summed E-state index contributed by atoms with van der Waals surface area (Å²) in [6.07, 6.45) is 0. The van der Waals surface area contributed by atoms with Gasteiger partial charge in [0.1, 0.15) is 0 Å². The molecule has 1 amide bonds. The number of rotatable bonds is 8. The van der Waals surface area contributed by atoms with Crippen molar-refractivity contribution >= 4 is 23.3 Å². The Morgan fingerprint density at radius 1 is 1.14 bits per heavy atom. The van der Waals surface area contributed by atoms with Crippen LogP contribution in [0.15, 0.2) is 18.2 Å². The number of benzene rings is 1. The van der Waals surface area contributed by atoms with Gasteiger partial charge in [0.15, 0.2) is 30.5 Å². The van der Waals surface area contributed by atoms with Crippen LogP contribution in [0.4, 0.5) is 5.69 Å². The number of esters is 1. The fourth-order valence-electron chi connectivity index (χ4n) is 2.46. The SMILES string of the molecule is COc1cc(C(C)=O)ccc1OCC(=O)OCC(=O)Nc1c(C)nn(C)c1C. The van der Waals surface area contributed by atoms with Crippen LogP contribution in [-0.4, -0.2) is 47.8 Å². The molecule has 0 aliphatic rings. The maximum absolute atomic E-state index is 12.0. The fourth-order valence-corrected chi connectivity index (χ4v) is 2.46. The third kappa shape index (κ3) is 5.09. The summed E-state index contributed by atoms with van der Waals surface area (Å²) in [5.41, 5.74) is 2.52. The Morgan fingerprint density at radius 3 is 2.43 bits per heavy atom. The van der Waals surface area contributed by atoms with Crippen LogP contribution < -0.4 is 14.8 Å². The molecular formula is C19H23N3O6. The van der Waals surface area contributed by atoms with E-state index in [1.807, 2.05) is 6.92 Å². The normalized spacial score (nSPS) is 10.3. The number of amides is 1. The van der Waals surface area contributed by atoms with Gasteiger partial charge >= 0.3 is 5.97 Å². The Morgan fingerprint density at radius 2 is 1.86 bits per heavy atom. The molecule has 28 heavy (non-hydrogen) atoms. The number of hydrogen-bond donors (Lipinski definition) is 1. The number of ketones is 1. The number of Topliss-reactive ketones (excluding diaryl/α,β-unsaturated/α-hetero) is 1. The van der Waals surface area contributed by atoms with Crippen molar-refractivity contribution in [1.29, 1.82) is 0 Å². The fraction of sp³-hybridized carbons (Fsp3) is 0.368. The van der Waals surface area contributed by atoms with Crippen molar-refractivity contribution in [1.82, 2.24) is 9.78 Å². The van der Waals surface area contributed by atoms with E-state index in [2.05, 4.69) is 10.4 Å². The highest BCUT2D eigenvalue weighted by Crippen LogP contribution is 2.28. The van der Waals surface area contributed by atoms with E-state index in [0.29, 0.717) is 22.7 Å². The predicted molar refractivity (Wildman–Crippen MR) is 101 cm³/mol. The van der Waals surface area contributed by atoms with Gasteiger partial charge in [-0.25, -0.2) is 4.79 Å². The molecule has 0 unspecified atom stereocenters. The summed E-state index contributed by atoms with van der Waals surface area (Å²) in [5, 5.41) is 6.87. The second kappa shape index (κ2) is 9.03. The molecule has 150 valence electrons. The Labute approximate surface area is 162 Å². The summed E-state index contributed by atoms with van der Waals surface area (Å²) in [6, 6.07) is 4.62. The second-order valence-corrected chi connectivity index (χ2v) is 6.09. The molecule has 1 heterocycles. The van der Waals surface area contributed by atoms with Crippen molar-refractivity contribution < 1.29 is 28.6 Å². The smallest absolute Gasteiger partial charge is 0.344 e. The largest absolute Gasteiger partial charge is 0.493 e. The number of carbonyl (C=O) groups excluding carboxylic acids is 3. The summed E-state index contributed by atoms with van der Waals surface area (Å²) in [7, 11) is 3.20. The van der Waals surface area contributed by atoms with Crippen molar-refractivity contribution in [2.75, 3.05) is 25.6 Å². The van der Waals surface area contributed by atoms with E-state index in [1.165, 1.54) is 26.2 Å². The molecular weight excluding hydrogens is 366 g/mol. The highest BCUT2D eigenvalue weighted by atomic mass is 16.6. The van der Waals surface area contributed by atoms with E-state index >= 15 is 0 Å². The van der Waals surface area contributed by atoms with E-state index in [1.54, 1.807) is 24.7 Å². The lowest BCUT2D eigenvalue weighted by Gasteiger charge is -2.11. The number of hydrogen-bond acceptors (Lipinski definition) is 7. The molecule has 0 saturated heterocycles. The van der Waals surface area contributed by atoms with Crippen molar-refractivity contribution in [2.24, 2.45) is 7.05 Å². The standard InChI is InChI=1S/C19H23N3O6/c1-11-19(12(2)22(4)21-11)20-17(24)9-28-18(25)10-27-15-7-6-14(13(3)23)8-16(15)26-5/h6-8H,9-10H2,1-5H3,(H,20,24). The molecule has 0 aliphatic heterocycles. The maximum atomic E-state index is 12.0. The molecule has 1 aromatic heterocycles. The molecule has 0 spiro atoms. The molecule has 0 aliphatic carbocycles. The number of nitrogens with one attached hydrogen (secondary N) is 1. The molecule has 2 aromatic rings. The molecule has 1 N–H and O–H groups in total. The molecule has 0 saturated carbocycles. The summed E-state index contributed by atoms with van der Waals surface area (Å²) >= 11 is 0. The third-order valence-electron chi connectivity index (χ3n) is 4.05. The number of ether oxygens (including phenoxy) is 3. The van der Waals surface area contributed by atoms with Gasteiger partial charge < -0.3 is 19.5 Å². The van der Waals surface area contributed by atoms with E-state index in [0.717, 1.165) is 5.69 Å². The maximum Gasteiger partial charge on any atom is 0.344 e. The molecule has 0 atom stereocenters. The summed E-state index contributed by atoms with van der Waals surface area (Å²) in [4.78, 5) is 35.2. The first-order valence-corrected chi connectivity index (χ1v) is 8.50. The number of methoxy groups -OCH3 is 1. The minimum Gasteiger partial charge on any atom is -0.493 e. The molecule has 9 nitrogen and oxygen atoms in total. The molecule has 0 radical (unpaired) electrons. The Kier molecular flexibility index (Phi) is 6.75. The minimum atomic E-state index is -0.715. The average Bonchev–Trinajstić information content (AvgIpc) is 2.90. The summed E-state index contributed by atoms with van der Waals surface area (Å²) in [5.74, 6) is -0.700. The van der Waals surface area contributed by atoms with Gasteiger partial charge in [0.05, 0.1) is 24.2 Å². The quantitative estimate of drug-likeness (QED) is 0.542. The van der Waals surface area contributed by atoms with Crippen LogP contribution in [0.25, 0.3) is 0 Å². The van der Waals surface area contributed by atoms with Gasteiger partial charge in [0, 0.05) is 12.6 Å². The molecule has 0 fully saturated rings. The van der Waals surface area contributed by atoms with Crippen molar-refractivity contribution in [3.8, 4) is 11.5 Å². The third-order valence-corrected chi connectivity index (χ3v) is 4.05. The Hall–Kier alpha value is -3.36. The monoisotopic (exact) mass is 389 g/mol. The van der Waals surface area contributed by atoms with Crippen LogP contribution in [-0.2, 0) is 21.4 Å². The zero-order chi connectivity index (χ0) is 20.8. The van der Waals surface area contributed by atoms with Gasteiger partial charge in [-0.2, -0.15) is 5.10 Å². The van der Waals surface area contributed by atoms with E-state index in [9.17, 15) is 14.4 Å². The summed E-state index contributed by atoms with van der Waals surface area (Å²) in [6.45, 7) is 4.17. The first-order chi connectivity index (χ1) is 13.2. The second-order valence-electron chi connectivity index (χ2n) is 6.09. The number of aromatic nitrogens is 2. The van der Waals surface area contributed by atoms with Gasteiger partial charge in [-0.1, -0.05) is 0 Å². The van der Waals surface area contributed by atoms with Crippen LogP contribution in [0, 0.1) is 13.8 Å². The summed E-state index contributed by atoms with van der Waals surface area (Å²) < 4.78 is 17.1. The van der Waals surface area contributed by atoms with Crippen LogP contribution in [0.1, 0.15) is 28.7 Å². The molecule has 9 heteroatoms. The van der Waals surface area contributed by atoms with Gasteiger partial charge in [0.2, 0.25) is 0 Å². The van der Waals surface area contributed by atoms with Crippen LogP contribution in [0.5, 0.6) is 11.5 Å². The van der Waals surface area contributed by atoms with Crippen LogP contribution >= 0.6 is 0 Å². The predicted octanol–water partition coefficient (Wildman–Crippen LogP) is 1.81. The zero-order valence-electron chi connectivity index (χ0n) is 16.5. The first kappa shape index (κ1) is 20.9. The van der Waals surface area contributed by atoms with Gasteiger partial charge in [0.25, 0.3) is 5.91 Å². The topological polar surface area (TPSA) is 109 Å². The number of anilines is 1. The Bertz CT molecular complexity index is 903. The minimum absolute atomic E-state index is 0.116. The number of nitrogens with zero attached hydrogens (tertiary/aromatic N) is 2.